The minimum atomic E-state index is -6.57. The lowest BCUT2D eigenvalue weighted by molar-refractivity contribution is -0.292. The lowest BCUT2D eigenvalue weighted by atomic mass is 9.49. The monoisotopic (exact) mass is 392 g/mol. The molecule has 0 aromatic rings. The maximum atomic E-state index is 14.2. The zero-order chi connectivity index (χ0) is 18.8. The second-order valence-electron chi connectivity index (χ2n) is 7.52. The summed E-state index contributed by atoms with van der Waals surface area (Å²) in [6, 6.07) is 0. The summed E-state index contributed by atoms with van der Waals surface area (Å²) in [5.74, 6) is -6.71. The summed E-state index contributed by atoms with van der Waals surface area (Å²) >= 11 is 0. The fourth-order valence-corrected chi connectivity index (χ4v) is 5.49. The van der Waals surface area contributed by atoms with E-state index in [0.717, 1.165) is 19.3 Å². The third kappa shape index (κ3) is 2.73. The molecular weight excluding hydrogens is 375 g/mol. The molecule has 0 saturated heterocycles. The number of hydrogen-bond donors (Lipinski definition) is 1. The van der Waals surface area contributed by atoms with Crippen LogP contribution in [0.15, 0.2) is 0 Å². The first-order valence-corrected chi connectivity index (χ1v) is 9.30. The minimum absolute atomic E-state index is 0.112. The normalized spacial score (nSPS) is 37.2. The molecule has 4 aliphatic carbocycles. The fourth-order valence-electron chi connectivity index (χ4n) is 5.01. The maximum Gasteiger partial charge on any atom is 0.444 e. The smallest absolute Gasteiger partial charge is 0.416 e. The van der Waals surface area contributed by atoms with Crippen LogP contribution in [0.5, 0.6) is 0 Å². The highest BCUT2D eigenvalue weighted by Crippen LogP contribution is 2.61. The molecule has 1 atom stereocenters. The highest BCUT2D eigenvalue weighted by molar-refractivity contribution is 7.87. The number of carbonyl (C=O) groups excluding carboxylic acids is 1. The minimum Gasteiger partial charge on any atom is -0.416 e. The first-order valence-electron chi connectivity index (χ1n) is 7.86. The van der Waals surface area contributed by atoms with Crippen LogP contribution in [0.4, 0.5) is 22.0 Å². The number of halogens is 5. The molecule has 4 saturated carbocycles. The Balaban J connectivity index is 1.90. The number of hydrogen-bond acceptors (Lipinski definition) is 4. The van der Waals surface area contributed by atoms with E-state index in [1.165, 1.54) is 0 Å². The van der Waals surface area contributed by atoms with Gasteiger partial charge in [-0.15, -0.1) is 0 Å². The van der Waals surface area contributed by atoms with Gasteiger partial charge in [0.15, 0.2) is 0 Å². The van der Waals surface area contributed by atoms with Gasteiger partial charge in [-0.3, -0.25) is 9.35 Å². The molecule has 4 bridgehead atoms. The van der Waals surface area contributed by atoms with Crippen LogP contribution in [0.25, 0.3) is 0 Å². The molecule has 0 radical (unpaired) electrons. The van der Waals surface area contributed by atoms with Crippen molar-refractivity contribution in [3.63, 3.8) is 0 Å². The third-order valence-corrected chi connectivity index (χ3v) is 6.64. The van der Waals surface area contributed by atoms with Gasteiger partial charge in [-0.1, -0.05) is 0 Å². The van der Waals surface area contributed by atoms with E-state index < -0.39 is 39.0 Å². The van der Waals surface area contributed by atoms with Crippen molar-refractivity contribution in [1.29, 1.82) is 0 Å². The molecule has 1 unspecified atom stereocenters. The summed E-state index contributed by atoms with van der Waals surface area (Å²) in [7, 11) is -6.57. The van der Waals surface area contributed by atoms with Crippen LogP contribution in [0, 0.1) is 23.2 Å². The van der Waals surface area contributed by atoms with Crippen LogP contribution < -0.4 is 0 Å². The van der Waals surface area contributed by atoms with Gasteiger partial charge in [0, 0.05) is 0 Å². The van der Waals surface area contributed by atoms with E-state index >= 15 is 0 Å². The van der Waals surface area contributed by atoms with Gasteiger partial charge in [0.2, 0.25) is 0 Å². The number of ether oxygens (including phenoxy) is 1. The van der Waals surface area contributed by atoms with Crippen LogP contribution in [0.2, 0.25) is 0 Å². The first-order chi connectivity index (χ1) is 11.3. The predicted molar refractivity (Wildman–Crippen MR) is 73.0 cm³/mol. The van der Waals surface area contributed by atoms with Gasteiger partial charge in [-0.25, -0.2) is 8.78 Å². The summed E-state index contributed by atoms with van der Waals surface area (Å²) in [6.45, 7) is 0. The molecule has 0 aromatic heterocycles. The Bertz CT molecular complexity index is 644. The van der Waals surface area contributed by atoms with Crippen LogP contribution in [-0.4, -0.2) is 36.5 Å². The molecular formula is C14H17F5O5S. The van der Waals surface area contributed by atoms with Crippen LogP contribution in [0.3, 0.4) is 0 Å². The van der Waals surface area contributed by atoms with Crippen molar-refractivity contribution < 1.29 is 44.5 Å². The molecule has 5 nitrogen and oxygen atoms in total. The Morgan fingerprint density at radius 1 is 1.04 bits per heavy atom. The van der Waals surface area contributed by atoms with Crippen molar-refractivity contribution >= 4 is 16.1 Å². The molecule has 0 heterocycles. The van der Waals surface area contributed by atoms with E-state index in [1.54, 1.807) is 0 Å². The van der Waals surface area contributed by atoms with Crippen molar-refractivity contribution in [3.8, 4) is 0 Å². The van der Waals surface area contributed by atoms with Crippen molar-refractivity contribution in [2.45, 2.75) is 56.1 Å². The van der Waals surface area contributed by atoms with Crippen molar-refractivity contribution in [3.05, 3.63) is 0 Å². The Hall–Kier alpha value is -0.970. The molecule has 144 valence electrons. The van der Waals surface area contributed by atoms with E-state index in [1.807, 2.05) is 0 Å². The standard InChI is InChI=1S/C14H17F5O5S/c15-10(16)13(17,14(18,19)25(21,22)23)24-11(20)12-4-7-1-8(5-12)3-9(2-7)6-12/h7-10H,1-6H2,(H,21,22,23). The second kappa shape index (κ2) is 5.51. The summed E-state index contributed by atoms with van der Waals surface area (Å²) in [5.41, 5.74) is -1.35. The van der Waals surface area contributed by atoms with Crippen molar-refractivity contribution in [2.24, 2.45) is 23.2 Å². The van der Waals surface area contributed by atoms with Crippen LogP contribution in [-0.2, 0) is 19.6 Å². The fraction of sp³-hybridized carbons (Fsp3) is 0.929. The highest BCUT2D eigenvalue weighted by Gasteiger charge is 2.73. The Morgan fingerprint density at radius 3 is 1.76 bits per heavy atom. The van der Waals surface area contributed by atoms with Crippen LogP contribution in [0.1, 0.15) is 38.5 Å². The van der Waals surface area contributed by atoms with Gasteiger partial charge < -0.3 is 4.74 Å². The molecule has 0 spiro atoms. The first kappa shape index (κ1) is 18.8. The largest absolute Gasteiger partial charge is 0.444 e. The summed E-state index contributed by atoms with van der Waals surface area (Å²) in [4.78, 5) is 12.4. The van der Waals surface area contributed by atoms with Gasteiger partial charge >= 0.3 is 33.6 Å². The molecule has 4 fully saturated rings. The van der Waals surface area contributed by atoms with Crippen molar-refractivity contribution in [2.75, 3.05) is 0 Å². The van der Waals surface area contributed by atoms with E-state index in [4.69, 9.17) is 4.55 Å². The molecule has 0 aromatic carbocycles. The molecule has 0 aliphatic heterocycles. The molecule has 4 aliphatic rings. The Morgan fingerprint density at radius 2 is 1.44 bits per heavy atom. The molecule has 0 amide bonds. The average Bonchev–Trinajstić information content (AvgIpc) is 2.43. The summed E-state index contributed by atoms with van der Waals surface area (Å²) < 4.78 is 101. The zero-order valence-electron chi connectivity index (χ0n) is 12.9. The number of rotatable bonds is 5. The topological polar surface area (TPSA) is 80.7 Å². The summed E-state index contributed by atoms with van der Waals surface area (Å²) in [5, 5.41) is -5.99. The van der Waals surface area contributed by atoms with E-state index in [9.17, 15) is 35.2 Å². The summed E-state index contributed by atoms with van der Waals surface area (Å²) in [6.07, 6.45) is -1.50. The predicted octanol–water partition coefficient (Wildman–Crippen LogP) is 3.16. The quantitative estimate of drug-likeness (QED) is 0.442. The highest BCUT2D eigenvalue weighted by atomic mass is 32.2. The maximum absolute atomic E-state index is 14.2. The zero-order valence-corrected chi connectivity index (χ0v) is 13.7. The van der Waals surface area contributed by atoms with Crippen LogP contribution >= 0.6 is 0 Å². The van der Waals surface area contributed by atoms with Gasteiger partial charge in [-0.05, 0) is 56.3 Å². The van der Waals surface area contributed by atoms with Crippen molar-refractivity contribution in [1.82, 2.24) is 0 Å². The Kier molecular flexibility index (Phi) is 4.15. The van der Waals surface area contributed by atoms with Gasteiger partial charge in [0.25, 0.3) is 0 Å². The SMILES string of the molecule is O=C(OC(F)(C(F)F)C(F)(F)S(=O)(=O)O)C12CC3CC(CC(C3)C1)C2. The second-order valence-corrected chi connectivity index (χ2v) is 8.99. The van der Waals surface area contributed by atoms with E-state index in [0.29, 0.717) is 0 Å². The van der Waals surface area contributed by atoms with E-state index in [-0.39, 0.29) is 37.0 Å². The third-order valence-electron chi connectivity index (χ3n) is 5.71. The van der Waals surface area contributed by atoms with Gasteiger partial charge in [-0.2, -0.15) is 21.6 Å². The number of esters is 1. The molecule has 11 heteroatoms. The molecule has 25 heavy (non-hydrogen) atoms. The molecule has 4 rings (SSSR count). The molecule has 1 N–H and O–H groups in total. The number of carbonyl (C=O) groups is 1. The van der Waals surface area contributed by atoms with Gasteiger partial charge in [0.05, 0.1) is 5.41 Å². The average molecular weight is 392 g/mol. The number of alkyl halides is 5. The lowest BCUT2D eigenvalue weighted by Gasteiger charge is -2.55. The Labute approximate surface area is 140 Å². The van der Waals surface area contributed by atoms with E-state index in [2.05, 4.69) is 4.74 Å². The lowest BCUT2D eigenvalue weighted by Crippen LogP contribution is -2.60. The van der Waals surface area contributed by atoms with Gasteiger partial charge in [0.1, 0.15) is 0 Å².